The number of nitrogens with zero attached hydrogens (tertiary/aromatic N) is 1. The van der Waals surface area contributed by atoms with Crippen LogP contribution in [0.25, 0.3) is 0 Å². The number of aliphatic imine (C=N–C) groups is 1. The zero-order valence-electron chi connectivity index (χ0n) is 7.30. The van der Waals surface area contributed by atoms with Crippen molar-refractivity contribution in [1.82, 2.24) is 0 Å². The Hall–Kier alpha value is -1.31. The summed E-state index contributed by atoms with van der Waals surface area (Å²) < 4.78 is 5.04. The van der Waals surface area contributed by atoms with E-state index in [1.54, 1.807) is 12.1 Å². The molecule has 0 heterocycles. The third kappa shape index (κ3) is 2.08. The number of ether oxygens (including phenoxy) is 1. The van der Waals surface area contributed by atoms with Crippen LogP contribution in [0.15, 0.2) is 17.1 Å². The lowest BCUT2D eigenvalue weighted by Gasteiger charge is -2.06. The number of hydrogen-bond acceptors (Lipinski definition) is 3. The van der Waals surface area contributed by atoms with Gasteiger partial charge in [-0.2, -0.15) is 4.99 Å². The van der Waals surface area contributed by atoms with Gasteiger partial charge in [0.2, 0.25) is 6.08 Å². The zero-order valence-corrected chi connectivity index (χ0v) is 8.05. The molecular formula is C9H8ClNO2. The van der Waals surface area contributed by atoms with E-state index in [0.29, 0.717) is 16.5 Å². The molecular weight excluding hydrogens is 190 g/mol. The summed E-state index contributed by atoms with van der Waals surface area (Å²) in [6.45, 7) is 1.83. The van der Waals surface area contributed by atoms with Crippen LogP contribution in [0.2, 0.25) is 5.02 Å². The Morgan fingerprint density at radius 1 is 1.54 bits per heavy atom. The van der Waals surface area contributed by atoms with E-state index >= 15 is 0 Å². The molecule has 0 radical (unpaired) electrons. The first-order valence-electron chi connectivity index (χ1n) is 3.61. The molecule has 0 bridgehead atoms. The minimum Gasteiger partial charge on any atom is -0.496 e. The number of hydrogen-bond donors (Lipinski definition) is 0. The van der Waals surface area contributed by atoms with E-state index < -0.39 is 0 Å². The van der Waals surface area contributed by atoms with Gasteiger partial charge in [0.05, 0.1) is 12.8 Å². The molecule has 0 amide bonds. The van der Waals surface area contributed by atoms with E-state index in [-0.39, 0.29) is 0 Å². The summed E-state index contributed by atoms with van der Waals surface area (Å²) in [6.07, 6.45) is 1.44. The first-order valence-corrected chi connectivity index (χ1v) is 3.99. The molecule has 1 aromatic rings. The Labute approximate surface area is 81.0 Å². The summed E-state index contributed by atoms with van der Waals surface area (Å²) in [5, 5.41) is 0.522. The Balaban J connectivity index is 3.29. The minimum atomic E-state index is 0.447. The molecule has 0 saturated heterocycles. The van der Waals surface area contributed by atoms with Crippen molar-refractivity contribution in [3.05, 3.63) is 22.7 Å². The lowest BCUT2D eigenvalue weighted by atomic mass is 10.2. The quantitative estimate of drug-likeness (QED) is 0.540. The number of benzene rings is 1. The van der Waals surface area contributed by atoms with Gasteiger partial charge >= 0.3 is 0 Å². The molecule has 0 aliphatic rings. The van der Waals surface area contributed by atoms with E-state index in [2.05, 4.69) is 4.99 Å². The summed E-state index contributed by atoms with van der Waals surface area (Å²) in [5.74, 6) is 0.612. The molecule has 68 valence electrons. The second kappa shape index (κ2) is 4.08. The molecule has 0 N–H and O–H groups in total. The fourth-order valence-electron chi connectivity index (χ4n) is 0.969. The van der Waals surface area contributed by atoms with Gasteiger partial charge in [-0.25, -0.2) is 4.79 Å². The minimum absolute atomic E-state index is 0.447. The van der Waals surface area contributed by atoms with Gasteiger partial charge in [-0.1, -0.05) is 11.6 Å². The first-order chi connectivity index (χ1) is 6.19. The highest BCUT2D eigenvalue weighted by molar-refractivity contribution is 6.31. The molecule has 3 nitrogen and oxygen atoms in total. The third-order valence-electron chi connectivity index (χ3n) is 1.68. The summed E-state index contributed by atoms with van der Waals surface area (Å²) in [6, 6.07) is 3.22. The summed E-state index contributed by atoms with van der Waals surface area (Å²) >= 11 is 5.86. The maximum atomic E-state index is 9.99. The van der Waals surface area contributed by atoms with Crippen LogP contribution in [0.1, 0.15) is 5.56 Å². The van der Waals surface area contributed by atoms with Crippen molar-refractivity contribution in [1.29, 1.82) is 0 Å². The topological polar surface area (TPSA) is 38.7 Å². The highest BCUT2D eigenvalue weighted by atomic mass is 35.5. The predicted octanol–water partition coefficient (Wildman–Crippen LogP) is 2.62. The van der Waals surface area contributed by atoms with Gasteiger partial charge in [0, 0.05) is 16.7 Å². The van der Waals surface area contributed by atoms with Crippen LogP contribution in [-0.2, 0) is 4.79 Å². The van der Waals surface area contributed by atoms with E-state index in [0.717, 1.165) is 5.56 Å². The van der Waals surface area contributed by atoms with Gasteiger partial charge in [0.15, 0.2) is 0 Å². The van der Waals surface area contributed by atoms with E-state index in [4.69, 9.17) is 16.3 Å². The second-order valence-electron chi connectivity index (χ2n) is 2.46. The lowest BCUT2D eigenvalue weighted by Crippen LogP contribution is -1.87. The van der Waals surface area contributed by atoms with Crippen LogP contribution in [0.5, 0.6) is 5.75 Å². The SMILES string of the molecule is COc1cc(N=C=O)cc(Cl)c1C. The van der Waals surface area contributed by atoms with Crippen LogP contribution >= 0.6 is 11.6 Å². The van der Waals surface area contributed by atoms with E-state index in [1.807, 2.05) is 6.92 Å². The predicted molar refractivity (Wildman–Crippen MR) is 50.5 cm³/mol. The highest BCUT2D eigenvalue weighted by Gasteiger charge is 2.04. The molecule has 13 heavy (non-hydrogen) atoms. The summed E-state index contributed by atoms with van der Waals surface area (Å²) in [4.78, 5) is 13.4. The van der Waals surface area contributed by atoms with Gasteiger partial charge in [-0.3, -0.25) is 0 Å². The maximum Gasteiger partial charge on any atom is 0.240 e. The monoisotopic (exact) mass is 197 g/mol. The molecule has 0 unspecified atom stereocenters. The number of carbonyl (C=O) groups excluding carboxylic acids is 1. The number of rotatable bonds is 2. The number of isocyanates is 1. The number of methoxy groups -OCH3 is 1. The van der Waals surface area contributed by atoms with Gasteiger partial charge in [-0.05, 0) is 13.0 Å². The maximum absolute atomic E-state index is 9.99. The first kappa shape index (κ1) is 9.78. The normalized spacial score (nSPS) is 9.15. The Kier molecular flexibility index (Phi) is 3.07. The second-order valence-corrected chi connectivity index (χ2v) is 2.87. The Bertz CT molecular complexity index is 370. The highest BCUT2D eigenvalue weighted by Crippen LogP contribution is 2.30. The largest absolute Gasteiger partial charge is 0.496 e. The van der Waals surface area contributed by atoms with Crippen LogP contribution < -0.4 is 4.74 Å². The van der Waals surface area contributed by atoms with Crippen LogP contribution in [0.3, 0.4) is 0 Å². The molecule has 0 spiro atoms. The van der Waals surface area contributed by atoms with Crippen molar-refractivity contribution < 1.29 is 9.53 Å². The van der Waals surface area contributed by atoms with Gasteiger partial charge < -0.3 is 4.74 Å². The zero-order chi connectivity index (χ0) is 9.84. The van der Waals surface area contributed by atoms with Crippen LogP contribution in [-0.4, -0.2) is 13.2 Å². The van der Waals surface area contributed by atoms with Crippen molar-refractivity contribution in [2.45, 2.75) is 6.92 Å². The van der Waals surface area contributed by atoms with Crippen molar-refractivity contribution in [2.24, 2.45) is 4.99 Å². The fourth-order valence-corrected chi connectivity index (χ4v) is 1.17. The molecule has 4 heteroatoms. The average molecular weight is 198 g/mol. The summed E-state index contributed by atoms with van der Waals surface area (Å²) in [5.41, 5.74) is 1.27. The molecule has 1 rings (SSSR count). The standard InChI is InChI=1S/C9H8ClNO2/c1-6-8(10)3-7(11-5-12)4-9(6)13-2/h3-4H,1-2H3. The Morgan fingerprint density at radius 2 is 2.23 bits per heavy atom. The van der Waals surface area contributed by atoms with Crippen molar-refractivity contribution in [3.8, 4) is 5.75 Å². The van der Waals surface area contributed by atoms with Gasteiger partial charge in [-0.15, -0.1) is 0 Å². The molecule has 0 saturated carbocycles. The van der Waals surface area contributed by atoms with Crippen molar-refractivity contribution in [3.63, 3.8) is 0 Å². The van der Waals surface area contributed by atoms with Crippen LogP contribution in [0.4, 0.5) is 5.69 Å². The van der Waals surface area contributed by atoms with E-state index in [1.165, 1.54) is 13.2 Å². The third-order valence-corrected chi connectivity index (χ3v) is 2.07. The van der Waals surface area contributed by atoms with Gasteiger partial charge in [0.25, 0.3) is 0 Å². The Morgan fingerprint density at radius 3 is 2.77 bits per heavy atom. The van der Waals surface area contributed by atoms with E-state index in [9.17, 15) is 4.79 Å². The molecule has 1 aromatic carbocycles. The van der Waals surface area contributed by atoms with Crippen molar-refractivity contribution in [2.75, 3.05) is 7.11 Å². The average Bonchev–Trinajstić information content (AvgIpc) is 2.11. The van der Waals surface area contributed by atoms with Gasteiger partial charge in [0.1, 0.15) is 5.75 Å². The summed E-state index contributed by atoms with van der Waals surface area (Å²) in [7, 11) is 1.53. The molecule has 0 fully saturated rings. The van der Waals surface area contributed by atoms with Crippen molar-refractivity contribution >= 4 is 23.4 Å². The molecule has 0 atom stereocenters. The smallest absolute Gasteiger partial charge is 0.240 e. The number of halogens is 1. The van der Waals surface area contributed by atoms with Crippen LogP contribution in [0, 0.1) is 6.92 Å². The molecule has 0 aliphatic carbocycles. The fraction of sp³-hybridized carbons (Fsp3) is 0.222. The molecule has 0 aliphatic heterocycles. The molecule has 0 aromatic heterocycles. The lowest BCUT2D eigenvalue weighted by molar-refractivity contribution is 0.412.